The number of hydrogen-bond donors (Lipinski definition) is 0. The molecule has 0 unspecified atom stereocenters. The van der Waals surface area contributed by atoms with Gasteiger partial charge >= 0.3 is 0 Å². The van der Waals surface area contributed by atoms with Crippen molar-refractivity contribution in [2.24, 2.45) is 0 Å². The van der Waals surface area contributed by atoms with Gasteiger partial charge in [0.25, 0.3) is 0 Å². The van der Waals surface area contributed by atoms with E-state index in [1.54, 1.807) is 0 Å². The molecule has 0 aliphatic heterocycles. The predicted molar refractivity (Wildman–Crippen MR) is 120 cm³/mol. The highest BCUT2D eigenvalue weighted by molar-refractivity contribution is 5.99. The Morgan fingerprint density at radius 1 is 0.862 bits per heavy atom. The van der Waals surface area contributed by atoms with E-state index in [4.69, 9.17) is 11.6 Å². The van der Waals surface area contributed by atoms with Gasteiger partial charge in [0.1, 0.15) is 0 Å². The molecule has 4 aromatic rings. The monoisotopic (exact) mass is 374 g/mol. The van der Waals surface area contributed by atoms with Gasteiger partial charge in [-0.05, 0) is 63.6 Å². The summed E-state index contributed by atoms with van der Waals surface area (Å²) >= 11 is 0. The standard InChI is InChI=1S/C27H22N2/c1-4-27(5-2)24-21-12-7-6-9-18(21)13-14-22(24)23-15-16-29-26(25(23)27)19-10-8-11-20(17-19)28-3/h6-17H,4-5H2,1-2H3. The maximum absolute atomic E-state index is 7.41. The van der Waals surface area contributed by atoms with Gasteiger partial charge in [-0.1, -0.05) is 68.4 Å². The molecule has 0 saturated heterocycles. The Kier molecular flexibility index (Phi) is 4.00. The van der Waals surface area contributed by atoms with E-state index < -0.39 is 0 Å². The zero-order valence-corrected chi connectivity index (χ0v) is 16.7. The fourth-order valence-corrected chi connectivity index (χ4v) is 5.21. The molecule has 29 heavy (non-hydrogen) atoms. The normalized spacial score (nSPS) is 13.7. The molecular formula is C27H22N2. The van der Waals surface area contributed by atoms with E-state index in [9.17, 15) is 0 Å². The van der Waals surface area contributed by atoms with Crippen molar-refractivity contribution in [2.75, 3.05) is 0 Å². The Morgan fingerprint density at radius 2 is 1.66 bits per heavy atom. The van der Waals surface area contributed by atoms with Crippen LogP contribution in [0.15, 0.2) is 72.9 Å². The fraction of sp³-hybridized carbons (Fsp3) is 0.185. The van der Waals surface area contributed by atoms with Crippen LogP contribution in [0.1, 0.15) is 37.8 Å². The molecule has 0 bridgehead atoms. The number of fused-ring (bicyclic) bond motifs is 5. The highest BCUT2D eigenvalue weighted by atomic mass is 14.7. The second-order valence-corrected chi connectivity index (χ2v) is 7.74. The van der Waals surface area contributed by atoms with Crippen LogP contribution in [0.5, 0.6) is 0 Å². The van der Waals surface area contributed by atoms with Gasteiger partial charge in [0.15, 0.2) is 5.69 Å². The molecule has 1 aliphatic rings. The van der Waals surface area contributed by atoms with Gasteiger partial charge in [-0.15, -0.1) is 0 Å². The van der Waals surface area contributed by atoms with Crippen molar-refractivity contribution in [1.29, 1.82) is 0 Å². The molecule has 1 heterocycles. The summed E-state index contributed by atoms with van der Waals surface area (Å²) in [6.07, 6.45) is 3.94. The fourth-order valence-electron chi connectivity index (χ4n) is 5.21. The summed E-state index contributed by atoms with van der Waals surface area (Å²) in [5.74, 6) is 0. The topological polar surface area (TPSA) is 17.2 Å². The zero-order chi connectivity index (χ0) is 20.0. The molecule has 0 radical (unpaired) electrons. The molecule has 3 aromatic carbocycles. The van der Waals surface area contributed by atoms with Crippen LogP contribution in [-0.4, -0.2) is 4.98 Å². The molecule has 1 aromatic heterocycles. The molecule has 140 valence electrons. The van der Waals surface area contributed by atoms with E-state index in [1.807, 2.05) is 24.4 Å². The van der Waals surface area contributed by atoms with Crippen LogP contribution >= 0.6 is 0 Å². The molecule has 0 spiro atoms. The Bertz CT molecular complexity index is 1290. The van der Waals surface area contributed by atoms with E-state index in [-0.39, 0.29) is 5.41 Å². The van der Waals surface area contributed by atoms with E-state index in [0.29, 0.717) is 5.69 Å². The predicted octanol–water partition coefficient (Wildman–Crippen LogP) is 7.54. The smallest absolute Gasteiger partial charge is 0.187 e. The van der Waals surface area contributed by atoms with Crippen molar-refractivity contribution in [1.82, 2.24) is 4.98 Å². The number of rotatable bonds is 3. The Balaban J connectivity index is 1.89. The minimum atomic E-state index is -0.0801. The number of pyridine rings is 1. The summed E-state index contributed by atoms with van der Waals surface area (Å²) in [6.45, 7) is 12.0. The van der Waals surface area contributed by atoms with Crippen LogP contribution in [0.2, 0.25) is 0 Å². The molecular weight excluding hydrogens is 352 g/mol. The van der Waals surface area contributed by atoms with Crippen molar-refractivity contribution in [3.8, 4) is 22.4 Å². The number of aromatic nitrogens is 1. The van der Waals surface area contributed by atoms with Gasteiger partial charge in [0.05, 0.1) is 12.3 Å². The third-order valence-electron chi connectivity index (χ3n) is 6.58. The molecule has 2 nitrogen and oxygen atoms in total. The largest absolute Gasteiger partial charge is 0.256 e. The van der Waals surface area contributed by atoms with Crippen LogP contribution in [0.4, 0.5) is 5.69 Å². The number of nitrogens with zero attached hydrogens (tertiary/aromatic N) is 2. The summed E-state index contributed by atoms with van der Waals surface area (Å²) in [5.41, 5.74) is 7.98. The highest BCUT2D eigenvalue weighted by Crippen LogP contribution is 2.57. The minimum Gasteiger partial charge on any atom is -0.256 e. The first-order valence-electron chi connectivity index (χ1n) is 10.2. The first-order chi connectivity index (χ1) is 14.2. The van der Waals surface area contributed by atoms with Gasteiger partial charge in [0.2, 0.25) is 0 Å². The lowest BCUT2D eigenvalue weighted by Gasteiger charge is -2.32. The SMILES string of the molecule is [C-]#[N+]c1cccc(-c2nccc3c2C(CC)(CC)c2c-3ccc3ccccc23)c1. The van der Waals surface area contributed by atoms with Crippen LogP contribution in [0.25, 0.3) is 38.0 Å². The van der Waals surface area contributed by atoms with E-state index >= 15 is 0 Å². The lowest BCUT2D eigenvalue weighted by Crippen LogP contribution is -2.24. The lowest BCUT2D eigenvalue weighted by molar-refractivity contribution is 0.494. The quantitative estimate of drug-likeness (QED) is 0.339. The Hall–Kier alpha value is -3.44. The third kappa shape index (κ3) is 2.37. The van der Waals surface area contributed by atoms with Crippen molar-refractivity contribution in [3.63, 3.8) is 0 Å². The van der Waals surface area contributed by atoms with Crippen LogP contribution in [-0.2, 0) is 5.41 Å². The first-order valence-corrected chi connectivity index (χ1v) is 10.2. The van der Waals surface area contributed by atoms with Gasteiger partial charge in [-0.2, -0.15) is 0 Å². The summed E-state index contributed by atoms with van der Waals surface area (Å²) < 4.78 is 0. The molecule has 0 atom stereocenters. The Labute approximate surface area is 171 Å². The average molecular weight is 374 g/mol. The number of hydrogen-bond acceptors (Lipinski definition) is 1. The van der Waals surface area contributed by atoms with E-state index in [0.717, 1.165) is 24.1 Å². The zero-order valence-electron chi connectivity index (χ0n) is 16.7. The average Bonchev–Trinajstić information content (AvgIpc) is 3.10. The van der Waals surface area contributed by atoms with Gasteiger partial charge < -0.3 is 0 Å². The second-order valence-electron chi connectivity index (χ2n) is 7.74. The van der Waals surface area contributed by atoms with Crippen molar-refractivity contribution in [2.45, 2.75) is 32.1 Å². The van der Waals surface area contributed by atoms with Crippen molar-refractivity contribution < 1.29 is 0 Å². The lowest BCUT2D eigenvalue weighted by atomic mass is 9.71. The van der Waals surface area contributed by atoms with Crippen LogP contribution in [0, 0.1) is 6.57 Å². The summed E-state index contributed by atoms with van der Waals surface area (Å²) in [4.78, 5) is 8.48. The molecule has 5 rings (SSSR count). The Morgan fingerprint density at radius 3 is 2.45 bits per heavy atom. The first kappa shape index (κ1) is 17.6. The number of benzene rings is 3. The minimum absolute atomic E-state index is 0.0801. The molecule has 2 heteroatoms. The third-order valence-corrected chi connectivity index (χ3v) is 6.58. The summed E-state index contributed by atoms with van der Waals surface area (Å²) in [5, 5.41) is 2.63. The van der Waals surface area contributed by atoms with E-state index in [2.05, 4.69) is 67.2 Å². The van der Waals surface area contributed by atoms with Gasteiger partial charge in [0, 0.05) is 11.6 Å². The second kappa shape index (κ2) is 6.57. The highest BCUT2D eigenvalue weighted by Gasteiger charge is 2.43. The summed E-state index contributed by atoms with van der Waals surface area (Å²) in [6, 6.07) is 23.2. The van der Waals surface area contributed by atoms with Gasteiger partial charge in [-0.25, -0.2) is 4.85 Å². The molecule has 0 amide bonds. The van der Waals surface area contributed by atoms with Crippen molar-refractivity contribution in [3.05, 3.63) is 95.5 Å². The molecule has 0 N–H and O–H groups in total. The van der Waals surface area contributed by atoms with Crippen LogP contribution < -0.4 is 0 Å². The van der Waals surface area contributed by atoms with Crippen LogP contribution in [0.3, 0.4) is 0 Å². The van der Waals surface area contributed by atoms with Crippen molar-refractivity contribution >= 4 is 16.5 Å². The molecule has 0 saturated carbocycles. The summed E-state index contributed by atoms with van der Waals surface area (Å²) in [7, 11) is 0. The molecule has 1 aliphatic carbocycles. The maximum Gasteiger partial charge on any atom is 0.187 e. The van der Waals surface area contributed by atoms with E-state index in [1.165, 1.54) is 33.0 Å². The maximum atomic E-state index is 7.41. The van der Waals surface area contributed by atoms with Gasteiger partial charge in [-0.3, -0.25) is 4.98 Å². The molecule has 0 fully saturated rings.